The molecule has 0 fully saturated rings. The summed E-state index contributed by atoms with van der Waals surface area (Å²) in [5.74, 6) is 0.691. The predicted molar refractivity (Wildman–Crippen MR) is 86.3 cm³/mol. The van der Waals surface area contributed by atoms with Crippen LogP contribution in [0.15, 0.2) is 24.3 Å². The summed E-state index contributed by atoms with van der Waals surface area (Å²) in [6, 6.07) is 7.26. The number of hydrogen-bond acceptors (Lipinski definition) is 3. The number of fused-ring (bicyclic) bond motifs is 2. The van der Waals surface area contributed by atoms with Crippen molar-refractivity contribution in [2.24, 2.45) is 0 Å². The highest BCUT2D eigenvalue weighted by molar-refractivity contribution is 14.1. The van der Waals surface area contributed by atoms with Crippen molar-refractivity contribution >= 4 is 67.9 Å². The van der Waals surface area contributed by atoms with Gasteiger partial charge in [0.25, 0.3) is 0 Å². The van der Waals surface area contributed by atoms with Gasteiger partial charge in [-0.25, -0.2) is 9.97 Å². The molecule has 0 aliphatic carbocycles. The quantitative estimate of drug-likeness (QED) is 0.435. The second-order valence-electron chi connectivity index (χ2n) is 3.93. The van der Waals surface area contributed by atoms with E-state index >= 15 is 0 Å². The number of rotatable bonds is 1. The van der Waals surface area contributed by atoms with Gasteiger partial charge < -0.3 is 4.74 Å². The number of ether oxygens (including phenoxy) is 1. The van der Waals surface area contributed by atoms with Crippen molar-refractivity contribution in [1.82, 2.24) is 9.97 Å². The molecule has 0 aliphatic rings. The lowest BCUT2D eigenvalue weighted by Gasteiger charge is -2.08. The van der Waals surface area contributed by atoms with E-state index in [0.717, 1.165) is 14.6 Å². The maximum Gasteiger partial charge on any atom is 0.146 e. The molecule has 0 N–H and O–H groups in total. The third-order valence-electron chi connectivity index (χ3n) is 2.77. The smallest absolute Gasteiger partial charge is 0.146 e. The Labute approximate surface area is 133 Å². The molecule has 3 rings (SSSR count). The molecule has 0 saturated carbocycles. The van der Waals surface area contributed by atoms with Gasteiger partial charge in [0.1, 0.15) is 16.8 Å². The Bertz CT molecular complexity index is 808. The third kappa shape index (κ3) is 2.22. The third-order valence-corrected chi connectivity index (χ3v) is 4.36. The topological polar surface area (TPSA) is 35.0 Å². The summed E-state index contributed by atoms with van der Waals surface area (Å²) in [5, 5.41) is 0.938. The van der Waals surface area contributed by atoms with Gasteiger partial charge in [0.2, 0.25) is 0 Å². The SMILES string of the molecule is COc1ccc(I)c2nc3cc(Cl)c(Cl)cc3nc12. The highest BCUT2D eigenvalue weighted by atomic mass is 127. The van der Waals surface area contributed by atoms with Crippen LogP contribution >= 0.6 is 45.8 Å². The molecule has 6 heteroatoms. The van der Waals surface area contributed by atoms with E-state index in [4.69, 9.17) is 27.9 Å². The minimum Gasteiger partial charge on any atom is -0.494 e. The van der Waals surface area contributed by atoms with E-state index in [9.17, 15) is 0 Å². The van der Waals surface area contributed by atoms with E-state index in [2.05, 4.69) is 32.6 Å². The summed E-state index contributed by atoms with van der Waals surface area (Å²) in [5.41, 5.74) is 2.93. The first kappa shape index (κ1) is 13.1. The van der Waals surface area contributed by atoms with Gasteiger partial charge in [-0.1, -0.05) is 23.2 Å². The molecule has 0 amide bonds. The first-order chi connectivity index (χ1) is 9.10. The van der Waals surface area contributed by atoms with E-state index in [1.165, 1.54) is 0 Å². The first-order valence-corrected chi connectivity index (χ1v) is 7.22. The Morgan fingerprint density at radius 1 is 1.00 bits per heavy atom. The molecule has 0 spiro atoms. The predicted octanol–water partition coefficient (Wildman–Crippen LogP) is 4.70. The second-order valence-corrected chi connectivity index (χ2v) is 5.90. The normalized spacial score (nSPS) is 11.2. The van der Waals surface area contributed by atoms with Gasteiger partial charge in [0.05, 0.1) is 28.2 Å². The molecular weight excluding hydrogens is 398 g/mol. The molecular formula is C13H7Cl2IN2O. The molecule has 96 valence electrons. The average Bonchev–Trinajstić information content (AvgIpc) is 2.39. The first-order valence-electron chi connectivity index (χ1n) is 5.39. The number of nitrogens with zero attached hydrogens (tertiary/aromatic N) is 2. The highest BCUT2D eigenvalue weighted by Crippen LogP contribution is 2.31. The molecule has 0 bridgehead atoms. The lowest BCUT2D eigenvalue weighted by Crippen LogP contribution is -1.94. The molecule has 3 aromatic rings. The summed E-state index contributed by atoms with van der Waals surface area (Å²) in [4.78, 5) is 9.17. The number of benzene rings is 2. The van der Waals surface area contributed by atoms with Crippen LogP contribution in [-0.4, -0.2) is 17.1 Å². The minimum atomic E-state index is 0.465. The fourth-order valence-electron chi connectivity index (χ4n) is 1.86. The minimum absolute atomic E-state index is 0.465. The molecule has 1 heterocycles. The van der Waals surface area contributed by atoms with Crippen LogP contribution in [0.4, 0.5) is 0 Å². The maximum absolute atomic E-state index is 6.01. The molecule has 19 heavy (non-hydrogen) atoms. The van der Waals surface area contributed by atoms with Crippen LogP contribution < -0.4 is 4.74 Å². The van der Waals surface area contributed by atoms with Crippen molar-refractivity contribution in [3.8, 4) is 5.75 Å². The molecule has 0 unspecified atom stereocenters. The van der Waals surface area contributed by atoms with E-state index in [0.29, 0.717) is 26.8 Å². The van der Waals surface area contributed by atoms with Gasteiger partial charge in [0.15, 0.2) is 0 Å². The highest BCUT2D eigenvalue weighted by Gasteiger charge is 2.11. The van der Waals surface area contributed by atoms with Gasteiger partial charge in [-0.15, -0.1) is 0 Å². The Hall–Kier alpha value is -0.850. The summed E-state index contributed by atoms with van der Waals surface area (Å²) >= 11 is 14.2. The lowest BCUT2D eigenvalue weighted by atomic mass is 10.2. The fraction of sp³-hybridized carbons (Fsp3) is 0.0769. The van der Waals surface area contributed by atoms with Gasteiger partial charge in [-0.05, 0) is 46.9 Å². The van der Waals surface area contributed by atoms with Crippen molar-refractivity contribution in [3.05, 3.63) is 37.9 Å². The van der Waals surface area contributed by atoms with E-state index in [-0.39, 0.29) is 0 Å². The van der Waals surface area contributed by atoms with Crippen LogP contribution in [0, 0.1) is 3.57 Å². The zero-order valence-electron chi connectivity index (χ0n) is 9.75. The van der Waals surface area contributed by atoms with Crippen molar-refractivity contribution in [2.45, 2.75) is 0 Å². The zero-order chi connectivity index (χ0) is 13.6. The van der Waals surface area contributed by atoms with Crippen molar-refractivity contribution in [3.63, 3.8) is 0 Å². The van der Waals surface area contributed by atoms with Gasteiger partial charge in [-0.2, -0.15) is 0 Å². The van der Waals surface area contributed by atoms with E-state index in [1.807, 2.05) is 12.1 Å². The van der Waals surface area contributed by atoms with Crippen LogP contribution in [0.3, 0.4) is 0 Å². The summed E-state index contributed by atoms with van der Waals surface area (Å²) < 4.78 is 6.33. The molecule has 0 atom stereocenters. The average molecular weight is 405 g/mol. The van der Waals surface area contributed by atoms with Crippen LogP contribution in [-0.2, 0) is 0 Å². The number of halogens is 3. The second kappa shape index (κ2) is 4.92. The monoisotopic (exact) mass is 404 g/mol. The Morgan fingerprint density at radius 3 is 2.16 bits per heavy atom. The molecule has 0 aliphatic heterocycles. The summed E-state index contributed by atoms with van der Waals surface area (Å²) in [7, 11) is 1.61. The van der Waals surface area contributed by atoms with Gasteiger partial charge >= 0.3 is 0 Å². The largest absolute Gasteiger partial charge is 0.494 e. The Morgan fingerprint density at radius 2 is 1.58 bits per heavy atom. The lowest BCUT2D eigenvalue weighted by molar-refractivity contribution is 0.419. The number of methoxy groups -OCH3 is 1. The molecule has 1 aromatic heterocycles. The van der Waals surface area contributed by atoms with Crippen LogP contribution in [0.5, 0.6) is 5.75 Å². The van der Waals surface area contributed by atoms with Gasteiger partial charge in [-0.3, -0.25) is 0 Å². The molecule has 3 nitrogen and oxygen atoms in total. The van der Waals surface area contributed by atoms with E-state index in [1.54, 1.807) is 19.2 Å². The molecule has 0 radical (unpaired) electrons. The Kier molecular flexibility index (Phi) is 3.41. The summed E-state index contributed by atoms with van der Waals surface area (Å²) in [6.45, 7) is 0. The standard InChI is InChI=1S/C13H7Cl2IN2O/c1-19-11-3-2-8(16)12-13(11)18-10-5-7(15)6(14)4-9(10)17-12/h2-5H,1H3. The van der Waals surface area contributed by atoms with Crippen molar-refractivity contribution in [2.75, 3.05) is 7.11 Å². The van der Waals surface area contributed by atoms with Crippen LogP contribution in [0.1, 0.15) is 0 Å². The van der Waals surface area contributed by atoms with Crippen LogP contribution in [0.2, 0.25) is 10.0 Å². The molecule has 2 aromatic carbocycles. The number of aromatic nitrogens is 2. The summed E-state index contributed by atoms with van der Waals surface area (Å²) in [6.07, 6.45) is 0. The van der Waals surface area contributed by atoms with Crippen molar-refractivity contribution < 1.29 is 4.74 Å². The zero-order valence-corrected chi connectivity index (χ0v) is 13.4. The molecule has 0 saturated heterocycles. The van der Waals surface area contributed by atoms with Gasteiger partial charge in [0, 0.05) is 3.57 Å². The van der Waals surface area contributed by atoms with Crippen molar-refractivity contribution in [1.29, 1.82) is 0 Å². The van der Waals surface area contributed by atoms with Crippen LogP contribution in [0.25, 0.3) is 22.1 Å². The number of hydrogen-bond donors (Lipinski definition) is 0. The Balaban J connectivity index is 2.47. The fourth-order valence-corrected chi connectivity index (χ4v) is 2.73. The maximum atomic E-state index is 6.01. The van der Waals surface area contributed by atoms with E-state index < -0.39 is 0 Å².